The molecular weight excluding hydrogens is 278 g/mol. The van der Waals surface area contributed by atoms with Gasteiger partial charge in [-0.05, 0) is 31.9 Å². The third-order valence-electron chi connectivity index (χ3n) is 4.76. The molecule has 22 heavy (non-hydrogen) atoms. The highest BCUT2D eigenvalue weighted by Crippen LogP contribution is 2.26. The van der Waals surface area contributed by atoms with Crippen molar-refractivity contribution in [1.29, 1.82) is 0 Å². The summed E-state index contributed by atoms with van der Waals surface area (Å²) in [6.45, 7) is 4.93. The molecule has 1 aliphatic heterocycles. The molecule has 1 N–H and O–H groups in total. The Morgan fingerprint density at radius 2 is 2.00 bits per heavy atom. The van der Waals surface area contributed by atoms with Crippen LogP contribution in [0.4, 0.5) is 0 Å². The first-order valence-corrected chi connectivity index (χ1v) is 8.38. The van der Waals surface area contributed by atoms with Gasteiger partial charge in [-0.15, -0.1) is 0 Å². The number of ether oxygens (including phenoxy) is 2. The van der Waals surface area contributed by atoms with Crippen molar-refractivity contribution in [1.82, 2.24) is 4.90 Å². The fraction of sp³-hybridized carbons (Fsp3) is 0.667. The molecule has 0 amide bonds. The summed E-state index contributed by atoms with van der Waals surface area (Å²) >= 11 is 0. The first-order valence-electron chi connectivity index (χ1n) is 8.38. The van der Waals surface area contributed by atoms with Gasteiger partial charge in [0, 0.05) is 19.1 Å². The van der Waals surface area contributed by atoms with E-state index in [0.717, 1.165) is 12.3 Å². The van der Waals surface area contributed by atoms with Crippen LogP contribution in [0, 0.1) is 6.92 Å². The molecule has 1 aromatic carbocycles. The number of hydrogen-bond donors (Lipinski definition) is 1. The third kappa shape index (κ3) is 4.00. The number of aliphatic hydroxyl groups is 1. The Balaban J connectivity index is 1.60. The van der Waals surface area contributed by atoms with E-state index in [1.807, 2.05) is 24.3 Å². The summed E-state index contributed by atoms with van der Waals surface area (Å²) in [4.78, 5) is 2.40. The maximum atomic E-state index is 10.9. The predicted molar refractivity (Wildman–Crippen MR) is 86.3 cm³/mol. The van der Waals surface area contributed by atoms with Gasteiger partial charge in [0.25, 0.3) is 0 Å². The second-order valence-electron chi connectivity index (χ2n) is 6.79. The van der Waals surface area contributed by atoms with E-state index in [4.69, 9.17) is 9.47 Å². The van der Waals surface area contributed by atoms with Crippen molar-refractivity contribution < 1.29 is 14.6 Å². The Morgan fingerprint density at radius 3 is 2.73 bits per heavy atom. The Labute approximate surface area is 133 Å². The SMILES string of the molecule is Cc1ccc(OC[C@@]2(O)COCCN(C3CCCC3)C2)cc1. The average Bonchev–Trinajstić information content (AvgIpc) is 2.98. The van der Waals surface area contributed by atoms with E-state index >= 15 is 0 Å². The van der Waals surface area contributed by atoms with Gasteiger partial charge in [-0.2, -0.15) is 0 Å². The van der Waals surface area contributed by atoms with Crippen LogP contribution in [0.15, 0.2) is 24.3 Å². The van der Waals surface area contributed by atoms with Crippen LogP contribution in [0.25, 0.3) is 0 Å². The molecule has 1 aliphatic carbocycles. The minimum atomic E-state index is -0.927. The van der Waals surface area contributed by atoms with E-state index in [2.05, 4.69) is 11.8 Å². The Kier molecular flexibility index (Phi) is 5.01. The van der Waals surface area contributed by atoms with Gasteiger partial charge in [-0.3, -0.25) is 4.90 Å². The highest BCUT2D eigenvalue weighted by molar-refractivity contribution is 5.26. The van der Waals surface area contributed by atoms with Gasteiger partial charge in [0.1, 0.15) is 18.0 Å². The van der Waals surface area contributed by atoms with Gasteiger partial charge in [0.05, 0.1) is 13.2 Å². The normalized spacial score (nSPS) is 27.7. The second kappa shape index (κ2) is 6.99. The van der Waals surface area contributed by atoms with Crippen molar-refractivity contribution in [3.8, 4) is 5.75 Å². The number of nitrogens with zero attached hydrogens (tertiary/aromatic N) is 1. The smallest absolute Gasteiger partial charge is 0.134 e. The van der Waals surface area contributed by atoms with Gasteiger partial charge < -0.3 is 14.6 Å². The molecule has 2 fully saturated rings. The lowest BCUT2D eigenvalue weighted by molar-refractivity contribution is -0.0669. The van der Waals surface area contributed by atoms with Gasteiger partial charge in [-0.25, -0.2) is 0 Å². The maximum Gasteiger partial charge on any atom is 0.134 e. The lowest BCUT2D eigenvalue weighted by Crippen LogP contribution is -2.51. The standard InChI is InChI=1S/C18H27NO3/c1-15-6-8-17(9-7-15)22-14-18(20)12-19(10-11-21-13-18)16-4-2-3-5-16/h6-9,16,20H,2-5,10-14H2,1H3/t18-/m0/s1. The zero-order chi connectivity index (χ0) is 15.4. The highest BCUT2D eigenvalue weighted by Gasteiger charge is 2.36. The lowest BCUT2D eigenvalue weighted by Gasteiger charge is -2.33. The topological polar surface area (TPSA) is 41.9 Å². The van der Waals surface area contributed by atoms with E-state index in [1.54, 1.807) is 0 Å². The number of β-amino-alcohol motifs (C(OH)–C–C–N with tert-alkyl or cyclic N) is 1. The average molecular weight is 305 g/mol. The number of benzene rings is 1. The molecule has 3 rings (SSSR count). The van der Waals surface area contributed by atoms with Crippen molar-refractivity contribution in [3.63, 3.8) is 0 Å². The summed E-state index contributed by atoms with van der Waals surface area (Å²) in [6.07, 6.45) is 5.10. The molecule has 0 bridgehead atoms. The van der Waals surface area contributed by atoms with Crippen molar-refractivity contribution >= 4 is 0 Å². The molecule has 122 valence electrons. The van der Waals surface area contributed by atoms with E-state index in [9.17, 15) is 5.11 Å². The molecule has 0 radical (unpaired) electrons. The predicted octanol–water partition coefficient (Wildman–Crippen LogP) is 2.38. The molecule has 2 aliphatic rings. The van der Waals surface area contributed by atoms with Crippen LogP contribution >= 0.6 is 0 Å². The fourth-order valence-electron chi connectivity index (χ4n) is 3.47. The molecule has 1 saturated heterocycles. The fourth-order valence-corrected chi connectivity index (χ4v) is 3.47. The van der Waals surface area contributed by atoms with Crippen LogP contribution in [0.2, 0.25) is 0 Å². The summed E-state index contributed by atoms with van der Waals surface area (Å²) in [7, 11) is 0. The highest BCUT2D eigenvalue weighted by atomic mass is 16.5. The minimum absolute atomic E-state index is 0.277. The Morgan fingerprint density at radius 1 is 1.27 bits per heavy atom. The summed E-state index contributed by atoms with van der Waals surface area (Å²) in [6, 6.07) is 8.55. The summed E-state index contributed by atoms with van der Waals surface area (Å²) < 4.78 is 11.4. The van der Waals surface area contributed by atoms with Crippen LogP contribution in [-0.2, 0) is 4.74 Å². The van der Waals surface area contributed by atoms with E-state index in [1.165, 1.54) is 31.2 Å². The number of rotatable bonds is 4. The summed E-state index contributed by atoms with van der Waals surface area (Å²) in [5.74, 6) is 0.802. The first kappa shape index (κ1) is 15.8. The van der Waals surface area contributed by atoms with E-state index in [-0.39, 0.29) is 6.61 Å². The second-order valence-corrected chi connectivity index (χ2v) is 6.79. The van der Waals surface area contributed by atoms with Crippen molar-refractivity contribution in [2.75, 3.05) is 32.9 Å². The molecule has 0 aromatic heterocycles. The van der Waals surface area contributed by atoms with Gasteiger partial charge in [0.15, 0.2) is 0 Å². The maximum absolute atomic E-state index is 10.9. The molecule has 4 nitrogen and oxygen atoms in total. The van der Waals surface area contributed by atoms with Crippen LogP contribution in [0.5, 0.6) is 5.75 Å². The largest absolute Gasteiger partial charge is 0.490 e. The molecule has 1 heterocycles. The van der Waals surface area contributed by atoms with Crippen LogP contribution in [0.1, 0.15) is 31.2 Å². The first-order chi connectivity index (χ1) is 10.6. The molecule has 1 saturated carbocycles. The quantitative estimate of drug-likeness (QED) is 0.927. The third-order valence-corrected chi connectivity index (χ3v) is 4.76. The monoisotopic (exact) mass is 305 g/mol. The van der Waals surface area contributed by atoms with Crippen molar-refractivity contribution in [3.05, 3.63) is 29.8 Å². The van der Waals surface area contributed by atoms with Gasteiger partial charge >= 0.3 is 0 Å². The van der Waals surface area contributed by atoms with Crippen LogP contribution in [0.3, 0.4) is 0 Å². The molecule has 0 unspecified atom stereocenters. The number of hydrogen-bond acceptors (Lipinski definition) is 4. The lowest BCUT2D eigenvalue weighted by atomic mass is 10.0. The Hall–Kier alpha value is -1.10. The zero-order valence-corrected chi connectivity index (χ0v) is 13.5. The van der Waals surface area contributed by atoms with Crippen LogP contribution < -0.4 is 4.74 Å². The summed E-state index contributed by atoms with van der Waals surface area (Å²) in [5.41, 5.74) is 0.278. The molecule has 4 heteroatoms. The zero-order valence-electron chi connectivity index (χ0n) is 13.5. The van der Waals surface area contributed by atoms with Crippen molar-refractivity contribution in [2.45, 2.75) is 44.2 Å². The molecule has 1 aromatic rings. The van der Waals surface area contributed by atoms with Crippen LogP contribution in [-0.4, -0.2) is 54.6 Å². The summed E-state index contributed by atoms with van der Waals surface area (Å²) in [5, 5.41) is 10.9. The molecule has 0 spiro atoms. The van der Waals surface area contributed by atoms with Crippen molar-refractivity contribution in [2.24, 2.45) is 0 Å². The number of aryl methyl sites for hydroxylation is 1. The molecular formula is C18H27NO3. The van der Waals surface area contributed by atoms with E-state index in [0.29, 0.717) is 25.8 Å². The van der Waals surface area contributed by atoms with E-state index < -0.39 is 5.60 Å². The molecule has 1 atom stereocenters. The minimum Gasteiger partial charge on any atom is -0.490 e. The van der Waals surface area contributed by atoms with Gasteiger partial charge in [0.2, 0.25) is 0 Å². The van der Waals surface area contributed by atoms with Gasteiger partial charge in [-0.1, -0.05) is 30.5 Å². The Bertz CT molecular complexity index is 470.